The fraction of sp³-hybridized carbons (Fsp3) is 0.286. The van der Waals surface area contributed by atoms with Crippen molar-refractivity contribution < 1.29 is 14.0 Å². The van der Waals surface area contributed by atoms with Crippen LogP contribution in [0.3, 0.4) is 0 Å². The first-order valence-corrected chi connectivity index (χ1v) is 7.12. The van der Waals surface area contributed by atoms with Crippen LogP contribution < -0.4 is 5.32 Å². The smallest absolute Gasteiger partial charge is 0.287 e. The third kappa shape index (κ3) is 3.48. The Hall–Kier alpha value is -2.08. The molecule has 0 unspecified atom stereocenters. The lowest BCUT2D eigenvalue weighted by molar-refractivity contribution is -0.132. The lowest BCUT2D eigenvalue weighted by Crippen LogP contribution is -2.45. The molecule has 0 aliphatic carbocycles. The Kier molecular flexibility index (Phi) is 4.57. The second-order valence-electron chi connectivity index (χ2n) is 4.50. The molecule has 2 amide bonds. The molecule has 2 heterocycles. The molecule has 20 heavy (non-hydrogen) atoms. The topological polar surface area (TPSA) is 62.6 Å². The number of thiophene rings is 1. The van der Waals surface area contributed by atoms with Gasteiger partial charge in [0.1, 0.15) is 6.04 Å². The lowest BCUT2D eigenvalue weighted by atomic mass is 10.2. The summed E-state index contributed by atoms with van der Waals surface area (Å²) in [6.07, 6.45) is 1.42. The Labute approximate surface area is 121 Å². The van der Waals surface area contributed by atoms with E-state index < -0.39 is 6.04 Å². The van der Waals surface area contributed by atoms with Crippen LogP contribution in [0.1, 0.15) is 23.0 Å². The van der Waals surface area contributed by atoms with E-state index in [0.717, 1.165) is 5.56 Å². The van der Waals surface area contributed by atoms with Crippen LogP contribution >= 0.6 is 11.3 Å². The molecule has 1 N–H and O–H groups in total. The van der Waals surface area contributed by atoms with E-state index in [-0.39, 0.29) is 17.6 Å². The minimum absolute atomic E-state index is 0.142. The van der Waals surface area contributed by atoms with Crippen LogP contribution in [0.4, 0.5) is 0 Å². The molecule has 0 aliphatic rings. The maximum Gasteiger partial charge on any atom is 0.287 e. The van der Waals surface area contributed by atoms with Gasteiger partial charge in [-0.2, -0.15) is 11.3 Å². The van der Waals surface area contributed by atoms with Gasteiger partial charge in [0.25, 0.3) is 5.91 Å². The molecule has 0 spiro atoms. The van der Waals surface area contributed by atoms with Crippen molar-refractivity contribution in [2.24, 2.45) is 0 Å². The summed E-state index contributed by atoms with van der Waals surface area (Å²) in [6, 6.07) is 4.56. The second kappa shape index (κ2) is 6.38. The van der Waals surface area contributed by atoms with Gasteiger partial charge in [0.2, 0.25) is 5.91 Å². The van der Waals surface area contributed by atoms with Crippen LogP contribution in [0.5, 0.6) is 0 Å². The van der Waals surface area contributed by atoms with Gasteiger partial charge in [-0.05, 0) is 41.4 Å². The van der Waals surface area contributed by atoms with Gasteiger partial charge < -0.3 is 14.6 Å². The Morgan fingerprint density at radius 3 is 2.85 bits per heavy atom. The van der Waals surface area contributed by atoms with E-state index in [9.17, 15) is 9.59 Å². The molecule has 1 atom stereocenters. The van der Waals surface area contributed by atoms with E-state index in [0.29, 0.717) is 6.54 Å². The van der Waals surface area contributed by atoms with Crippen molar-refractivity contribution in [1.29, 1.82) is 0 Å². The number of carbonyl (C=O) groups is 2. The maximum atomic E-state index is 12.2. The number of furan rings is 1. The molecular weight excluding hydrogens is 276 g/mol. The van der Waals surface area contributed by atoms with Gasteiger partial charge in [-0.1, -0.05) is 0 Å². The molecule has 0 fully saturated rings. The number of carbonyl (C=O) groups excluding carboxylic acids is 2. The molecule has 0 saturated heterocycles. The predicted molar refractivity (Wildman–Crippen MR) is 76.4 cm³/mol. The van der Waals surface area contributed by atoms with Crippen LogP contribution in [-0.2, 0) is 11.3 Å². The Bertz CT molecular complexity index is 563. The molecular formula is C14H16N2O3S. The number of hydrogen-bond donors (Lipinski definition) is 1. The summed E-state index contributed by atoms with van der Waals surface area (Å²) < 4.78 is 4.99. The first-order valence-electron chi connectivity index (χ1n) is 6.18. The summed E-state index contributed by atoms with van der Waals surface area (Å²) in [7, 11) is 1.72. The highest BCUT2D eigenvalue weighted by atomic mass is 32.1. The number of likely N-dealkylation sites (N-methyl/N-ethyl adjacent to an activating group) is 1. The van der Waals surface area contributed by atoms with Crippen LogP contribution in [0, 0.1) is 0 Å². The third-order valence-corrected chi connectivity index (χ3v) is 3.57. The largest absolute Gasteiger partial charge is 0.459 e. The van der Waals surface area contributed by atoms with Gasteiger partial charge in [-0.3, -0.25) is 9.59 Å². The third-order valence-electron chi connectivity index (χ3n) is 2.84. The second-order valence-corrected chi connectivity index (χ2v) is 5.28. The van der Waals surface area contributed by atoms with Crippen LogP contribution in [0.25, 0.3) is 0 Å². The zero-order chi connectivity index (χ0) is 14.5. The zero-order valence-corrected chi connectivity index (χ0v) is 12.1. The summed E-state index contributed by atoms with van der Waals surface area (Å²) in [5, 5.41) is 6.59. The Morgan fingerprint density at radius 1 is 1.45 bits per heavy atom. The van der Waals surface area contributed by atoms with Crippen LogP contribution in [0.15, 0.2) is 39.6 Å². The minimum atomic E-state index is -0.601. The predicted octanol–water partition coefficient (Wildman–Crippen LogP) is 2.12. The van der Waals surface area contributed by atoms with Crippen molar-refractivity contribution in [3.05, 3.63) is 46.5 Å². The number of nitrogens with one attached hydrogen (secondary N) is 1. The molecule has 0 bridgehead atoms. The Balaban J connectivity index is 1.89. The lowest BCUT2D eigenvalue weighted by Gasteiger charge is -2.21. The fourth-order valence-electron chi connectivity index (χ4n) is 1.80. The van der Waals surface area contributed by atoms with Gasteiger partial charge in [0, 0.05) is 13.6 Å². The number of nitrogens with zero attached hydrogens (tertiary/aromatic N) is 1. The van der Waals surface area contributed by atoms with E-state index in [4.69, 9.17) is 4.42 Å². The van der Waals surface area contributed by atoms with Crippen molar-refractivity contribution in [3.63, 3.8) is 0 Å². The van der Waals surface area contributed by atoms with E-state index in [1.165, 1.54) is 6.26 Å². The number of rotatable bonds is 5. The summed E-state index contributed by atoms with van der Waals surface area (Å²) in [6.45, 7) is 2.19. The highest BCUT2D eigenvalue weighted by Gasteiger charge is 2.21. The molecule has 2 rings (SSSR count). The van der Waals surface area contributed by atoms with Crippen molar-refractivity contribution in [3.8, 4) is 0 Å². The average Bonchev–Trinajstić information content (AvgIpc) is 3.10. The van der Waals surface area contributed by atoms with E-state index in [1.807, 2.05) is 16.8 Å². The first kappa shape index (κ1) is 14.3. The maximum absolute atomic E-state index is 12.2. The van der Waals surface area contributed by atoms with Crippen molar-refractivity contribution in [2.75, 3.05) is 7.05 Å². The molecule has 0 aliphatic heterocycles. The van der Waals surface area contributed by atoms with Crippen LogP contribution in [0.2, 0.25) is 0 Å². The molecule has 5 nitrogen and oxygen atoms in total. The molecule has 0 aromatic carbocycles. The molecule has 106 valence electrons. The van der Waals surface area contributed by atoms with E-state index >= 15 is 0 Å². The van der Waals surface area contributed by atoms with Crippen molar-refractivity contribution >= 4 is 23.2 Å². The van der Waals surface area contributed by atoms with Gasteiger partial charge in [0.15, 0.2) is 5.76 Å². The summed E-state index contributed by atoms with van der Waals surface area (Å²) >= 11 is 1.59. The summed E-state index contributed by atoms with van der Waals surface area (Å²) in [4.78, 5) is 25.5. The van der Waals surface area contributed by atoms with Crippen molar-refractivity contribution in [1.82, 2.24) is 10.2 Å². The van der Waals surface area contributed by atoms with Gasteiger partial charge >= 0.3 is 0 Å². The average molecular weight is 292 g/mol. The van der Waals surface area contributed by atoms with Gasteiger partial charge in [0.05, 0.1) is 6.26 Å². The first-order chi connectivity index (χ1) is 9.58. The molecule has 2 aromatic heterocycles. The monoisotopic (exact) mass is 292 g/mol. The zero-order valence-electron chi connectivity index (χ0n) is 11.3. The SMILES string of the molecule is C[C@@H](NC(=O)c1ccco1)C(=O)N(C)Cc1ccsc1. The fourth-order valence-corrected chi connectivity index (χ4v) is 2.46. The normalized spacial score (nSPS) is 11.9. The molecule has 0 radical (unpaired) electrons. The summed E-state index contributed by atoms with van der Waals surface area (Å²) in [5.41, 5.74) is 1.08. The standard InChI is InChI=1S/C14H16N2O3S/c1-10(15-13(17)12-4-3-6-19-12)14(18)16(2)8-11-5-7-20-9-11/h3-7,9-10H,8H2,1-2H3,(H,15,17)/t10-/m1/s1. The number of hydrogen-bond acceptors (Lipinski definition) is 4. The summed E-state index contributed by atoms with van der Waals surface area (Å²) in [5.74, 6) is -0.332. The molecule has 6 heteroatoms. The van der Waals surface area contributed by atoms with E-state index in [1.54, 1.807) is 42.3 Å². The molecule has 0 saturated carbocycles. The minimum Gasteiger partial charge on any atom is -0.459 e. The molecule has 2 aromatic rings. The van der Waals surface area contributed by atoms with Crippen molar-refractivity contribution in [2.45, 2.75) is 19.5 Å². The quantitative estimate of drug-likeness (QED) is 0.918. The highest BCUT2D eigenvalue weighted by Crippen LogP contribution is 2.09. The van der Waals surface area contributed by atoms with Gasteiger partial charge in [-0.15, -0.1) is 0 Å². The highest BCUT2D eigenvalue weighted by molar-refractivity contribution is 7.07. The Morgan fingerprint density at radius 2 is 2.25 bits per heavy atom. The van der Waals surface area contributed by atoms with E-state index in [2.05, 4.69) is 5.32 Å². The number of amides is 2. The van der Waals surface area contributed by atoms with Crippen LogP contribution in [-0.4, -0.2) is 29.8 Å². The van der Waals surface area contributed by atoms with Gasteiger partial charge in [-0.25, -0.2) is 0 Å².